The van der Waals surface area contributed by atoms with Crippen LogP contribution in [0.1, 0.15) is 44.6 Å². The van der Waals surface area contributed by atoms with Gasteiger partial charge < -0.3 is 14.3 Å². The minimum atomic E-state index is -0.247. The van der Waals surface area contributed by atoms with E-state index in [0.29, 0.717) is 22.5 Å². The van der Waals surface area contributed by atoms with Crippen LogP contribution in [-0.4, -0.2) is 5.11 Å². The van der Waals surface area contributed by atoms with Crippen LogP contribution in [-0.2, 0) is 11.8 Å². The standard InChI is InChI=1S/C22H24O4/c1-6-14-7-10-18(17(11-14)22(3,4)5)26-21-13(2)25-19-12-15(23)8-9-16(19)20(21)24/h7-12,23H,6H2,1-5H3. The maximum absolute atomic E-state index is 12.9. The molecule has 1 aromatic heterocycles. The lowest BCUT2D eigenvalue weighted by Gasteiger charge is -2.23. The Morgan fingerprint density at radius 3 is 2.50 bits per heavy atom. The van der Waals surface area contributed by atoms with Crippen molar-refractivity contribution < 1.29 is 14.3 Å². The van der Waals surface area contributed by atoms with E-state index in [1.54, 1.807) is 13.0 Å². The van der Waals surface area contributed by atoms with E-state index in [1.165, 1.54) is 17.7 Å². The smallest absolute Gasteiger partial charge is 0.235 e. The Balaban J connectivity index is 2.15. The Kier molecular flexibility index (Phi) is 4.53. The number of fused-ring (bicyclic) bond motifs is 1. The Morgan fingerprint density at radius 1 is 1.12 bits per heavy atom. The lowest BCUT2D eigenvalue weighted by Crippen LogP contribution is -2.15. The van der Waals surface area contributed by atoms with E-state index in [-0.39, 0.29) is 22.3 Å². The molecule has 0 spiro atoms. The van der Waals surface area contributed by atoms with Crippen molar-refractivity contribution in [3.8, 4) is 17.2 Å². The first-order valence-corrected chi connectivity index (χ1v) is 8.78. The predicted octanol–water partition coefficient (Wildman–Crippen LogP) is 5.46. The summed E-state index contributed by atoms with van der Waals surface area (Å²) >= 11 is 0. The lowest BCUT2D eigenvalue weighted by molar-refractivity contribution is 0.420. The molecule has 0 atom stereocenters. The van der Waals surface area contributed by atoms with Crippen LogP contribution in [0.3, 0.4) is 0 Å². The van der Waals surface area contributed by atoms with Gasteiger partial charge in [0.2, 0.25) is 11.2 Å². The number of benzene rings is 2. The van der Waals surface area contributed by atoms with Crippen molar-refractivity contribution in [3.63, 3.8) is 0 Å². The summed E-state index contributed by atoms with van der Waals surface area (Å²) in [6, 6.07) is 10.5. The Bertz CT molecular complexity index is 1020. The topological polar surface area (TPSA) is 59.7 Å². The number of phenols is 1. The van der Waals surface area contributed by atoms with Gasteiger partial charge in [0.25, 0.3) is 0 Å². The molecule has 3 aromatic rings. The van der Waals surface area contributed by atoms with Crippen LogP contribution in [0, 0.1) is 6.92 Å². The molecule has 0 radical (unpaired) electrons. The second kappa shape index (κ2) is 6.52. The summed E-state index contributed by atoms with van der Waals surface area (Å²) in [4.78, 5) is 12.9. The molecule has 0 aliphatic carbocycles. The molecule has 4 heteroatoms. The average Bonchev–Trinajstić information content (AvgIpc) is 2.57. The van der Waals surface area contributed by atoms with Crippen LogP contribution in [0.5, 0.6) is 17.2 Å². The van der Waals surface area contributed by atoms with Crippen molar-refractivity contribution in [1.82, 2.24) is 0 Å². The molecule has 0 bridgehead atoms. The molecule has 0 saturated heterocycles. The van der Waals surface area contributed by atoms with Gasteiger partial charge >= 0.3 is 0 Å². The molecule has 1 heterocycles. The van der Waals surface area contributed by atoms with Gasteiger partial charge in [-0.3, -0.25) is 4.79 Å². The van der Waals surface area contributed by atoms with Crippen LogP contribution in [0.2, 0.25) is 0 Å². The predicted molar refractivity (Wildman–Crippen MR) is 103 cm³/mol. The van der Waals surface area contributed by atoms with Gasteiger partial charge in [0.15, 0.2) is 0 Å². The fourth-order valence-electron chi connectivity index (χ4n) is 2.98. The maximum Gasteiger partial charge on any atom is 0.235 e. The SMILES string of the molecule is CCc1ccc(Oc2c(C)oc3cc(O)ccc3c2=O)c(C(C)(C)C)c1. The molecule has 0 unspecified atom stereocenters. The van der Waals surface area contributed by atoms with Crippen LogP contribution in [0.15, 0.2) is 45.6 Å². The van der Waals surface area contributed by atoms with Crippen molar-refractivity contribution in [2.24, 2.45) is 0 Å². The van der Waals surface area contributed by atoms with Gasteiger partial charge in [-0.05, 0) is 42.5 Å². The number of aromatic hydroxyl groups is 1. The van der Waals surface area contributed by atoms with E-state index in [1.807, 2.05) is 12.1 Å². The van der Waals surface area contributed by atoms with E-state index in [0.717, 1.165) is 12.0 Å². The minimum absolute atomic E-state index is 0.0545. The third kappa shape index (κ3) is 3.32. The summed E-state index contributed by atoms with van der Waals surface area (Å²) in [5.74, 6) is 1.27. The highest BCUT2D eigenvalue weighted by atomic mass is 16.5. The second-order valence-electron chi connectivity index (χ2n) is 7.53. The highest BCUT2D eigenvalue weighted by Crippen LogP contribution is 2.36. The summed E-state index contributed by atoms with van der Waals surface area (Å²) in [6.45, 7) is 10.2. The maximum atomic E-state index is 12.9. The molecule has 0 amide bonds. The zero-order valence-electron chi connectivity index (χ0n) is 15.8. The van der Waals surface area contributed by atoms with E-state index in [2.05, 4.69) is 33.8 Å². The fraction of sp³-hybridized carbons (Fsp3) is 0.318. The third-order valence-electron chi connectivity index (χ3n) is 4.47. The summed E-state index contributed by atoms with van der Waals surface area (Å²) in [5.41, 5.74) is 2.24. The van der Waals surface area contributed by atoms with Gasteiger partial charge in [-0.1, -0.05) is 39.8 Å². The highest BCUT2D eigenvalue weighted by Gasteiger charge is 2.22. The van der Waals surface area contributed by atoms with Gasteiger partial charge in [0.1, 0.15) is 22.8 Å². The zero-order valence-corrected chi connectivity index (χ0v) is 15.8. The van der Waals surface area contributed by atoms with Crippen molar-refractivity contribution in [3.05, 3.63) is 63.5 Å². The molecule has 136 valence electrons. The number of hydrogen-bond acceptors (Lipinski definition) is 4. The Labute approximate surface area is 153 Å². The number of rotatable bonds is 3. The van der Waals surface area contributed by atoms with Gasteiger partial charge in [-0.15, -0.1) is 0 Å². The molecule has 4 nitrogen and oxygen atoms in total. The van der Waals surface area contributed by atoms with Crippen LogP contribution in [0.25, 0.3) is 11.0 Å². The number of ether oxygens (including phenoxy) is 1. The van der Waals surface area contributed by atoms with Crippen LogP contribution >= 0.6 is 0 Å². The third-order valence-corrected chi connectivity index (χ3v) is 4.47. The Morgan fingerprint density at radius 2 is 1.85 bits per heavy atom. The van der Waals surface area contributed by atoms with Crippen molar-refractivity contribution in [2.45, 2.75) is 46.5 Å². The molecular formula is C22H24O4. The first-order valence-electron chi connectivity index (χ1n) is 8.78. The lowest BCUT2D eigenvalue weighted by atomic mass is 9.85. The summed E-state index contributed by atoms with van der Waals surface area (Å²) in [6.07, 6.45) is 0.935. The largest absolute Gasteiger partial charge is 0.508 e. The van der Waals surface area contributed by atoms with E-state index >= 15 is 0 Å². The normalized spacial score (nSPS) is 11.7. The van der Waals surface area contributed by atoms with Gasteiger partial charge in [-0.25, -0.2) is 0 Å². The second-order valence-corrected chi connectivity index (χ2v) is 7.53. The number of phenolic OH excluding ortho intramolecular Hbond substituents is 1. The van der Waals surface area contributed by atoms with E-state index < -0.39 is 0 Å². The summed E-state index contributed by atoms with van der Waals surface area (Å²) in [7, 11) is 0. The quantitative estimate of drug-likeness (QED) is 0.680. The molecule has 0 saturated carbocycles. The van der Waals surface area contributed by atoms with Gasteiger partial charge in [-0.2, -0.15) is 0 Å². The van der Waals surface area contributed by atoms with E-state index in [4.69, 9.17) is 9.15 Å². The Hall–Kier alpha value is -2.75. The molecule has 0 aliphatic rings. The van der Waals surface area contributed by atoms with Crippen molar-refractivity contribution in [1.29, 1.82) is 0 Å². The minimum Gasteiger partial charge on any atom is -0.508 e. The van der Waals surface area contributed by atoms with Gasteiger partial charge in [0, 0.05) is 11.6 Å². The molecule has 2 aromatic carbocycles. The fourth-order valence-corrected chi connectivity index (χ4v) is 2.98. The highest BCUT2D eigenvalue weighted by molar-refractivity contribution is 5.79. The van der Waals surface area contributed by atoms with Gasteiger partial charge in [0.05, 0.1) is 5.39 Å². The first-order chi connectivity index (χ1) is 12.2. The summed E-state index contributed by atoms with van der Waals surface area (Å²) < 4.78 is 11.8. The van der Waals surface area contributed by atoms with Crippen LogP contribution in [0.4, 0.5) is 0 Å². The molecule has 26 heavy (non-hydrogen) atoms. The molecule has 1 N–H and O–H groups in total. The van der Waals surface area contributed by atoms with Crippen molar-refractivity contribution >= 4 is 11.0 Å². The average molecular weight is 352 g/mol. The van der Waals surface area contributed by atoms with E-state index in [9.17, 15) is 9.90 Å². The molecule has 0 aliphatic heterocycles. The molecule has 0 fully saturated rings. The monoisotopic (exact) mass is 352 g/mol. The summed E-state index contributed by atoms with van der Waals surface area (Å²) in [5, 5.41) is 9.98. The van der Waals surface area contributed by atoms with Crippen molar-refractivity contribution in [2.75, 3.05) is 0 Å². The number of aryl methyl sites for hydroxylation is 2. The number of hydrogen-bond donors (Lipinski definition) is 1. The van der Waals surface area contributed by atoms with Crippen LogP contribution < -0.4 is 10.2 Å². The molecular weight excluding hydrogens is 328 g/mol. The zero-order chi connectivity index (χ0) is 19.1. The molecule has 3 rings (SSSR count). The first kappa shape index (κ1) is 18.1.